The van der Waals surface area contributed by atoms with Crippen LogP contribution in [-0.2, 0) is 0 Å². The lowest BCUT2D eigenvalue weighted by Crippen LogP contribution is -2.42. The Kier molecular flexibility index (Phi) is 4.37. The Hall–Kier alpha value is 0. The van der Waals surface area contributed by atoms with Crippen LogP contribution in [0.15, 0.2) is 0 Å². The number of hydrogen-bond acceptors (Lipinski definition) is 0. The normalized spacial score (nSPS) is 34.1. The molecule has 1 aliphatic rings. The maximum Gasteiger partial charge on any atom is -0.0311 e. The van der Waals surface area contributed by atoms with Gasteiger partial charge in [-0.05, 0) is 53.8 Å². The van der Waals surface area contributed by atoms with E-state index in [9.17, 15) is 0 Å². The molecule has 0 heterocycles. The van der Waals surface area contributed by atoms with Gasteiger partial charge in [-0.1, -0.05) is 55.4 Å². The van der Waals surface area contributed by atoms with Gasteiger partial charge in [-0.2, -0.15) is 0 Å². The van der Waals surface area contributed by atoms with Crippen LogP contribution in [-0.4, -0.2) is 0 Å². The minimum atomic E-state index is 0.503. The highest BCUT2D eigenvalue weighted by Crippen LogP contribution is 2.52. The van der Waals surface area contributed by atoms with E-state index in [0.717, 1.165) is 23.7 Å². The van der Waals surface area contributed by atoms with Crippen LogP contribution in [0.25, 0.3) is 0 Å². The molecule has 0 aromatic heterocycles. The topological polar surface area (TPSA) is 0 Å². The van der Waals surface area contributed by atoms with Gasteiger partial charge < -0.3 is 0 Å². The summed E-state index contributed by atoms with van der Waals surface area (Å²) >= 11 is 0. The van der Waals surface area contributed by atoms with E-state index in [1.54, 1.807) is 0 Å². The third-order valence-corrected chi connectivity index (χ3v) is 4.81. The Labute approximate surface area is 110 Å². The molecule has 0 spiro atoms. The van der Waals surface area contributed by atoms with Crippen molar-refractivity contribution in [3.8, 4) is 0 Å². The Bertz CT molecular complexity index is 233. The number of rotatable bonds is 3. The molecule has 1 aliphatic carbocycles. The van der Waals surface area contributed by atoms with Crippen molar-refractivity contribution in [3.63, 3.8) is 0 Å². The van der Waals surface area contributed by atoms with E-state index in [1.807, 2.05) is 0 Å². The Morgan fingerprint density at radius 2 is 1.47 bits per heavy atom. The summed E-state index contributed by atoms with van der Waals surface area (Å²) in [5.74, 6) is 3.47. The summed E-state index contributed by atoms with van der Waals surface area (Å²) in [6, 6.07) is 0. The zero-order valence-corrected chi connectivity index (χ0v) is 13.4. The lowest BCUT2D eigenvalue weighted by Gasteiger charge is -2.51. The summed E-state index contributed by atoms with van der Waals surface area (Å²) in [4.78, 5) is 0. The Balaban J connectivity index is 2.83. The van der Waals surface area contributed by atoms with Crippen molar-refractivity contribution in [2.24, 2.45) is 34.5 Å². The fraction of sp³-hybridized carbons (Fsp3) is 1.00. The van der Waals surface area contributed by atoms with Crippen molar-refractivity contribution in [2.45, 2.75) is 74.7 Å². The van der Waals surface area contributed by atoms with Crippen molar-refractivity contribution in [2.75, 3.05) is 0 Å². The van der Waals surface area contributed by atoms with Crippen LogP contribution < -0.4 is 0 Å². The Morgan fingerprint density at radius 3 is 1.82 bits per heavy atom. The van der Waals surface area contributed by atoms with Gasteiger partial charge in [-0.3, -0.25) is 0 Å². The summed E-state index contributed by atoms with van der Waals surface area (Å²) in [6.45, 7) is 19.6. The molecular formula is C17H34. The average Bonchev–Trinajstić information content (AvgIpc) is 1.93. The minimum absolute atomic E-state index is 0.503. The molecule has 0 saturated heterocycles. The van der Waals surface area contributed by atoms with Gasteiger partial charge in [0.05, 0.1) is 0 Å². The molecule has 0 amide bonds. The minimum Gasteiger partial charge on any atom is -0.0628 e. The van der Waals surface area contributed by atoms with Gasteiger partial charge in [-0.25, -0.2) is 0 Å². The molecule has 0 bridgehead atoms. The van der Waals surface area contributed by atoms with Gasteiger partial charge in [-0.15, -0.1) is 0 Å². The molecule has 0 aromatic rings. The maximum absolute atomic E-state index is 2.50. The molecule has 0 aromatic carbocycles. The first-order chi connectivity index (χ1) is 7.55. The monoisotopic (exact) mass is 238 g/mol. The quantitative estimate of drug-likeness (QED) is 0.586. The summed E-state index contributed by atoms with van der Waals surface area (Å²) in [6.07, 6.45) is 4.18. The molecule has 1 fully saturated rings. The van der Waals surface area contributed by atoms with Gasteiger partial charge in [0, 0.05) is 0 Å². The Morgan fingerprint density at radius 1 is 1.06 bits per heavy atom. The van der Waals surface area contributed by atoms with Crippen LogP contribution in [0.3, 0.4) is 0 Å². The van der Waals surface area contributed by atoms with Crippen molar-refractivity contribution >= 4 is 0 Å². The summed E-state index contributed by atoms with van der Waals surface area (Å²) in [5.41, 5.74) is 1.06. The van der Waals surface area contributed by atoms with Crippen LogP contribution in [0.4, 0.5) is 0 Å². The highest BCUT2D eigenvalue weighted by molar-refractivity contribution is 4.93. The van der Waals surface area contributed by atoms with E-state index >= 15 is 0 Å². The summed E-state index contributed by atoms with van der Waals surface area (Å²) in [7, 11) is 0. The van der Waals surface area contributed by atoms with Crippen LogP contribution in [0.2, 0.25) is 0 Å². The first-order valence-corrected chi connectivity index (χ1v) is 7.55. The van der Waals surface area contributed by atoms with Crippen molar-refractivity contribution in [1.82, 2.24) is 0 Å². The van der Waals surface area contributed by atoms with Crippen LogP contribution in [0.5, 0.6) is 0 Å². The summed E-state index contributed by atoms with van der Waals surface area (Å²) < 4.78 is 0. The largest absolute Gasteiger partial charge is 0.0628 e. The SMILES string of the molecule is CC(C)CC(C)(C)C1C(C)CC(C)(C)CC1C. The molecule has 102 valence electrons. The molecule has 2 unspecified atom stereocenters. The fourth-order valence-electron chi connectivity index (χ4n) is 5.37. The number of hydrogen-bond donors (Lipinski definition) is 0. The molecule has 17 heavy (non-hydrogen) atoms. The van der Waals surface area contributed by atoms with Crippen molar-refractivity contribution in [1.29, 1.82) is 0 Å². The average molecular weight is 238 g/mol. The maximum atomic E-state index is 2.50. The van der Waals surface area contributed by atoms with E-state index in [4.69, 9.17) is 0 Å². The van der Waals surface area contributed by atoms with Crippen LogP contribution in [0, 0.1) is 34.5 Å². The predicted molar refractivity (Wildman–Crippen MR) is 78.1 cm³/mol. The van der Waals surface area contributed by atoms with Gasteiger partial charge in [0.25, 0.3) is 0 Å². The first kappa shape index (κ1) is 15.1. The third-order valence-electron chi connectivity index (χ3n) is 4.81. The van der Waals surface area contributed by atoms with Gasteiger partial charge in [0.15, 0.2) is 0 Å². The molecule has 0 N–H and O–H groups in total. The predicted octanol–water partition coefficient (Wildman–Crippen LogP) is 5.77. The van der Waals surface area contributed by atoms with Crippen LogP contribution in [0.1, 0.15) is 74.7 Å². The molecule has 0 heteroatoms. The lowest BCUT2D eigenvalue weighted by atomic mass is 9.55. The van der Waals surface area contributed by atoms with E-state index in [0.29, 0.717) is 10.8 Å². The standard InChI is InChI=1S/C17H34/c1-12(2)9-17(7,8)15-13(3)10-16(5,6)11-14(15)4/h12-15H,9-11H2,1-8H3. The highest BCUT2D eigenvalue weighted by atomic mass is 14.5. The summed E-state index contributed by atoms with van der Waals surface area (Å²) in [5, 5.41) is 0. The van der Waals surface area contributed by atoms with Crippen LogP contribution >= 0.6 is 0 Å². The molecule has 2 atom stereocenters. The van der Waals surface area contributed by atoms with E-state index in [1.165, 1.54) is 19.3 Å². The lowest BCUT2D eigenvalue weighted by molar-refractivity contribution is -0.0113. The van der Waals surface area contributed by atoms with E-state index in [-0.39, 0.29) is 0 Å². The highest BCUT2D eigenvalue weighted by Gasteiger charge is 2.44. The van der Waals surface area contributed by atoms with Crippen molar-refractivity contribution in [3.05, 3.63) is 0 Å². The second-order valence-corrected chi connectivity index (χ2v) is 8.64. The smallest absolute Gasteiger partial charge is 0.0311 e. The zero-order valence-electron chi connectivity index (χ0n) is 13.4. The molecule has 1 rings (SSSR count). The van der Waals surface area contributed by atoms with Gasteiger partial charge in [0.1, 0.15) is 0 Å². The van der Waals surface area contributed by atoms with E-state index < -0.39 is 0 Å². The third kappa shape index (κ3) is 3.73. The van der Waals surface area contributed by atoms with Crippen molar-refractivity contribution < 1.29 is 0 Å². The second-order valence-electron chi connectivity index (χ2n) is 8.64. The first-order valence-electron chi connectivity index (χ1n) is 7.55. The zero-order chi connectivity index (χ0) is 13.4. The molecule has 1 saturated carbocycles. The fourth-order valence-corrected chi connectivity index (χ4v) is 5.37. The van der Waals surface area contributed by atoms with Gasteiger partial charge >= 0.3 is 0 Å². The molecule has 0 aliphatic heterocycles. The molecule has 0 nitrogen and oxygen atoms in total. The second kappa shape index (κ2) is 4.94. The molecule has 0 radical (unpaired) electrons. The molecular weight excluding hydrogens is 204 g/mol. The van der Waals surface area contributed by atoms with Gasteiger partial charge in [0.2, 0.25) is 0 Å². The van der Waals surface area contributed by atoms with E-state index in [2.05, 4.69) is 55.4 Å².